The molecule has 2 aromatic rings. The van der Waals surface area contributed by atoms with E-state index in [-0.39, 0.29) is 9.77 Å². The predicted octanol–water partition coefficient (Wildman–Crippen LogP) is 2.56. The minimum absolute atomic E-state index is 0.0205. The van der Waals surface area contributed by atoms with Gasteiger partial charge in [-0.3, -0.25) is 4.72 Å². The number of aromatic carboxylic acids is 1. The third kappa shape index (κ3) is 3.17. The Morgan fingerprint density at radius 2 is 2.00 bits per heavy atom. The number of sulfonamides is 1. The lowest BCUT2D eigenvalue weighted by atomic mass is 10.3. The fourth-order valence-corrected chi connectivity index (χ4v) is 4.27. The summed E-state index contributed by atoms with van der Waals surface area (Å²) < 4.78 is 32.2. The molecule has 0 aliphatic carbocycles. The lowest BCUT2D eigenvalue weighted by Crippen LogP contribution is -2.13. The summed E-state index contributed by atoms with van der Waals surface area (Å²) in [4.78, 5) is 11.3. The van der Waals surface area contributed by atoms with Gasteiger partial charge in [-0.25, -0.2) is 13.2 Å². The SMILES string of the molecule is COc1ccccc1NS(=O)(=O)c1cc(C(=O)O)sc1C. The van der Waals surface area contributed by atoms with Crippen LogP contribution < -0.4 is 9.46 Å². The van der Waals surface area contributed by atoms with Crippen LogP contribution in [0.1, 0.15) is 14.5 Å². The van der Waals surface area contributed by atoms with Crippen molar-refractivity contribution < 1.29 is 23.1 Å². The molecule has 1 heterocycles. The van der Waals surface area contributed by atoms with E-state index in [0.717, 1.165) is 17.4 Å². The van der Waals surface area contributed by atoms with Crippen molar-refractivity contribution in [2.75, 3.05) is 11.8 Å². The first-order valence-electron chi connectivity index (χ1n) is 5.84. The molecule has 1 aromatic carbocycles. The van der Waals surface area contributed by atoms with E-state index < -0.39 is 16.0 Å². The second-order valence-corrected chi connectivity index (χ2v) is 7.05. The van der Waals surface area contributed by atoms with Crippen molar-refractivity contribution in [3.8, 4) is 5.75 Å². The predicted molar refractivity (Wildman–Crippen MR) is 79.8 cm³/mol. The molecule has 0 unspecified atom stereocenters. The van der Waals surface area contributed by atoms with Crippen LogP contribution in [0.15, 0.2) is 35.2 Å². The molecule has 0 bridgehead atoms. The summed E-state index contributed by atoms with van der Waals surface area (Å²) in [6.45, 7) is 1.56. The van der Waals surface area contributed by atoms with E-state index in [1.807, 2.05) is 0 Å². The Kier molecular flexibility index (Phi) is 4.19. The number of hydrogen-bond donors (Lipinski definition) is 2. The average molecular weight is 327 g/mol. The Balaban J connectivity index is 2.41. The van der Waals surface area contributed by atoms with Crippen LogP contribution in [0.5, 0.6) is 5.75 Å². The number of carbonyl (C=O) groups is 1. The van der Waals surface area contributed by atoms with Crippen molar-refractivity contribution in [1.29, 1.82) is 0 Å². The molecule has 6 nitrogen and oxygen atoms in total. The number of anilines is 1. The van der Waals surface area contributed by atoms with Gasteiger partial charge in [0.1, 0.15) is 15.5 Å². The maximum Gasteiger partial charge on any atom is 0.345 e. The number of carboxylic acids is 1. The van der Waals surface area contributed by atoms with E-state index in [2.05, 4.69) is 4.72 Å². The van der Waals surface area contributed by atoms with Gasteiger partial charge in [0.2, 0.25) is 0 Å². The number of thiophene rings is 1. The number of benzene rings is 1. The fraction of sp³-hybridized carbons (Fsp3) is 0.154. The van der Waals surface area contributed by atoms with Gasteiger partial charge in [0.25, 0.3) is 10.0 Å². The van der Waals surface area contributed by atoms with Crippen LogP contribution >= 0.6 is 11.3 Å². The molecule has 0 saturated carbocycles. The van der Waals surface area contributed by atoms with Gasteiger partial charge >= 0.3 is 5.97 Å². The first-order chi connectivity index (χ1) is 9.85. The zero-order chi connectivity index (χ0) is 15.6. The van der Waals surface area contributed by atoms with Gasteiger partial charge in [0.15, 0.2) is 0 Å². The molecule has 0 fully saturated rings. The summed E-state index contributed by atoms with van der Waals surface area (Å²) in [6, 6.07) is 7.73. The van der Waals surface area contributed by atoms with E-state index in [1.54, 1.807) is 31.2 Å². The van der Waals surface area contributed by atoms with Crippen LogP contribution in [0.25, 0.3) is 0 Å². The van der Waals surface area contributed by atoms with E-state index >= 15 is 0 Å². The largest absolute Gasteiger partial charge is 0.495 e. The number of rotatable bonds is 5. The smallest absolute Gasteiger partial charge is 0.345 e. The number of nitrogens with one attached hydrogen (secondary N) is 1. The van der Waals surface area contributed by atoms with E-state index in [0.29, 0.717) is 16.3 Å². The Morgan fingerprint density at radius 3 is 2.57 bits per heavy atom. The maximum absolute atomic E-state index is 12.4. The van der Waals surface area contributed by atoms with Crippen LogP contribution in [-0.2, 0) is 10.0 Å². The average Bonchev–Trinajstić information content (AvgIpc) is 2.82. The molecule has 0 saturated heterocycles. The number of para-hydroxylation sites is 2. The van der Waals surface area contributed by atoms with Gasteiger partial charge in [-0.15, -0.1) is 11.3 Å². The Morgan fingerprint density at radius 1 is 1.33 bits per heavy atom. The minimum Gasteiger partial charge on any atom is -0.495 e. The summed E-state index contributed by atoms with van der Waals surface area (Å²) in [6.07, 6.45) is 0. The number of methoxy groups -OCH3 is 1. The van der Waals surface area contributed by atoms with Crippen molar-refractivity contribution in [3.05, 3.63) is 40.1 Å². The van der Waals surface area contributed by atoms with E-state index in [1.165, 1.54) is 7.11 Å². The summed E-state index contributed by atoms with van der Waals surface area (Å²) in [5, 5.41) is 8.94. The lowest BCUT2D eigenvalue weighted by molar-refractivity contribution is 0.0702. The Labute approximate surface area is 126 Å². The lowest BCUT2D eigenvalue weighted by Gasteiger charge is -2.11. The molecule has 21 heavy (non-hydrogen) atoms. The standard InChI is InChI=1S/C13H13NO5S2/c1-8-12(7-11(20-8)13(15)16)21(17,18)14-9-5-3-4-6-10(9)19-2/h3-7,14H,1-2H3,(H,15,16). The zero-order valence-electron chi connectivity index (χ0n) is 11.3. The number of aryl methyl sites for hydroxylation is 1. The summed E-state index contributed by atoms with van der Waals surface area (Å²) in [5.74, 6) is -0.769. The molecular formula is C13H13NO5S2. The van der Waals surface area contributed by atoms with Crippen LogP contribution in [0, 0.1) is 6.92 Å². The molecule has 0 aliphatic heterocycles. The van der Waals surface area contributed by atoms with Crippen LogP contribution in [0.4, 0.5) is 5.69 Å². The van der Waals surface area contributed by atoms with Crippen molar-refractivity contribution in [1.82, 2.24) is 0 Å². The van der Waals surface area contributed by atoms with Gasteiger partial charge in [0, 0.05) is 4.88 Å². The fourth-order valence-electron chi connectivity index (χ4n) is 1.77. The summed E-state index contributed by atoms with van der Waals surface area (Å²) in [7, 11) is -2.44. The second-order valence-electron chi connectivity index (χ2n) is 4.14. The molecule has 1 aromatic heterocycles. The third-order valence-corrected chi connectivity index (χ3v) is 5.38. The Bertz CT molecular complexity index is 780. The van der Waals surface area contributed by atoms with Crippen molar-refractivity contribution in [3.63, 3.8) is 0 Å². The molecule has 112 valence electrons. The van der Waals surface area contributed by atoms with Gasteiger partial charge in [0.05, 0.1) is 12.8 Å². The van der Waals surface area contributed by atoms with Gasteiger partial charge in [-0.05, 0) is 25.1 Å². The van der Waals surface area contributed by atoms with Crippen LogP contribution in [0.3, 0.4) is 0 Å². The first kappa shape index (κ1) is 15.3. The highest BCUT2D eigenvalue weighted by Gasteiger charge is 2.23. The van der Waals surface area contributed by atoms with Crippen LogP contribution in [0.2, 0.25) is 0 Å². The van der Waals surface area contributed by atoms with Gasteiger partial charge < -0.3 is 9.84 Å². The summed E-state index contributed by atoms with van der Waals surface area (Å²) >= 11 is 0.920. The minimum atomic E-state index is -3.87. The quantitative estimate of drug-likeness (QED) is 0.880. The highest BCUT2D eigenvalue weighted by molar-refractivity contribution is 7.93. The van der Waals surface area contributed by atoms with E-state index in [4.69, 9.17) is 9.84 Å². The van der Waals surface area contributed by atoms with Gasteiger partial charge in [-0.1, -0.05) is 12.1 Å². The van der Waals surface area contributed by atoms with Crippen molar-refractivity contribution in [2.45, 2.75) is 11.8 Å². The molecular weight excluding hydrogens is 314 g/mol. The molecule has 8 heteroatoms. The molecule has 2 rings (SSSR count). The highest BCUT2D eigenvalue weighted by Crippen LogP contribution is 2.30. The highest BCUT2D eigenvalue weighted by atomic mass is 32.2. The molecule has 0 aliphatic rings. The first-order valence-corrected chi connectivity index (χ1v) is 8.14. The number of hydrogen-bond acceptors (Lipinski definition) is 5. The van der Waals surface area contributed by atoms with Gasteiger partial charge in [-0.2, -0.15) is 0 Å². The monoisotopic (exact) mass is 327 g/mol. The molecule has 2 N–H and O–H groups in total. The molecule has 0 radical (unpaired) electrons. The number of carboxylic acid groups (broad SMARTS) is 1. The molecule has 0 spiro atoms. The normalized spacial score (nSPS) is 11.1. The summed E-state index contributed by atoms with van der Waals surface area (Å²) in [5.41, 5.74) is 0.294. The van der Waals surface area contributed by atoms with E-state index in [9.17, 15) is 13.2 Å². The molecule has 0 atom stereocenters. The second kappa shape index (κ2) is 5.74. The number of ether oxygens (including phenoxy) is 1. The van der Waals surface area contributed by atoms with Crippen molar-refractivity contribution >= 4 is 33.0 Å². The van der Waals surface area contributed by atoms with Crippen molar-refractivity contribution in [2.24, 2.45) is 0 Å². The topological polar surface area (TPSA) is 92.7 Å². The maximum atomic E-state index is 12.4. The van der Waals surface area contributed by atoms with Crippen LogP contribution in [-0.4, -0.2) is 26.6 Å². The zero-order valence-corrected chi connectivity index (χ0v) is 12.9. The Hall–Kier alpha value is -2.06. The third-order valence-electron chi connectivity index (χ3n) is 2.72. The molecule has 0 amide bonds.